The number of hydrogen-bond acceptors (Lipinski definition) is 3. The fourth-order valence-corrected chi connectivity index (χ4v) is 1.85. The monoisotopic (exact) mass is 260 g/mol. The third-order valence-corrected chi connectivity index (χ3v) is 2.88. The van der Waals surface area contributed by atoms with Gasteiger partial charge in [-0.1, -0.05) is 0 Å². The molecule has 0 aliphatic carbocycles. The van der Waals surface area contributed by atoms with E-state index in [1.165, 1.54) is 12.1 Å². The Hall–Kier alpha value is -2.43. The van der Waals surface area contributed by atoms with E-state index in [2.05, 4.69) is 4.98 Å². The Labute approximate surface area is 110 Å². The molecule has 5 heteroatoms. The summed E-state index contributed by atoms with van der Waals surface area (Å²) in [5.74, 6) is -1.04. The van der Waals surface area contributed by atoms with Gasteiger partial charge in [-0.15, -0.1) is 0 Å². The van der Waals surface area contributed by atoms with Gasteiger partial charge in [-0.3, -0.25) is 0 Å². The van der Waals surface area contributed by atoms with E-state index in [-0.39, 0.29) is 11.4 Å². The minimum absolute atomic E-state index is 0.148. The van der Waals surface area contributed by atoms with E-state index < -0.39 is 5.97 Å². The van der Waals surface area contributed by atoms with Crippen molar-refractivity contribution < 1.29 is 14.3 Å². The van der Waals surface area contributed by atoms with Crippen molar-refractivity contribution in [2.45, 2.75) is 6.92 Å². The van der Waals surface area contributed by atoms with Crippen LogP contribution in [0.25, 0.3) is 0 Å². The number of rotatable bonds is 3. The number of aryl methyl sites for hydroxylation is 1. The van der Waals surface area contributed by atoms with Crippen LogP contribution in [0.3, 0.4) is 0 Å². The van der Waals surface area contributed by atoms with Crippen molar-refractivity contribution >= 4 is 17.5 Å². The number of aromatic nitrogens is 1. The van der Waals surface area contributed by atoms with Crippen LogP contribution in [0.15, 0.2) is 36.5 Å². The van der Waals surface area contributed by atoms with Crippen molar-refractivity contribution in [2.24, 2.45) is 0 Å². The Balaban J connectivity index is 2.49. The van der Waals surface area contributed by atoms with E-state index in [0.717, 1.165) is 0 Å². The Morgan fingerprint density at radius 1 is 1.26 bits per heavy atom. The first-order valence-electron chi connectivity index (χ1n) is 5.69. The molecular formula is C14H13FN2O2. The first-order valence-corrected chi connectivity index (χ1v) is 5.69. The molecule has 2 aromatic rings. The number of nitrogens with zero attached hydrogens (tertiary/aromatic N) is 2. The van der Waals surface area contributed by atoms with Crippen LogP contribution in [0.5, 0.6) is 0 Å². The van der Waals surface area contributed by atoms with Gasteiger partial charge in [0.15, 0.2) is 0 Å². The zero-order chi connectivity index (χ0) is 14.0. The fraction of sp³-hybridized carbons (Fsp3) is 0.143. The molecule has 0 aliphatic heterocycles. The summed E-state index contributed by atoms with van der Waals surface area (Å²) >= 11 is 0. The van der Waals surface area contributed by atoms with E-state index in [4.69, 9.17) is 0 Å². The lowest BCUT2D eigenvalue weighted by molar-refractivity contribution is 0.0696. The van der Waals surface area contributed by atoms with Crippen LogP contribution < -0.4 is 4.90 Å². The molecule has 2 rings (SSSR count). The van der Waals surface area contributed by atoms with Crippen molar-refractivity contribution in [3.8, 4) is 0 Å². The van der Waals surface area contributed by atoms with Gasteiger partial charge >= 0.3 is 5.97 Å². The SMILES string of the molecule is Cc1ccnc(N(C)c2ccc(F)cc2)c1C(=O)O. The van der Waals surface area contributed by atoms with Gasteiger partial charge in [0, 0.05) is 18.9 Å². The van der Waals surface area contributed by atoms with Gasteiger partial charge in [-0.25, -0.2) is 14.2 Å². The second-order valence-electron chi connectivity index (χ2n) is 4.17. The lowest BCUT2D eigenvalue weighted by Crippen LogP contribution is -2.16. The van der Waals surface area contributed by atoms with E-state index in [1.807, 2.05) is 0 Å². The summed E-state index contributed by atoms with van der Waals surface area (Å²) in [6.45, 7) is 1.72. The Bertz CT molecular complexity index is 611. The number of aromatic carboxylic acids is 1. The van der Waals surface area contributed by atoms with Crippen molar-refractivity contribution in [3.05, 3.63) is 53.5 Å². The fourth-order valence-electron chi connectivity index (χ4n) is 1.85. The summed E-state index contributed by atoms with van der Waals surface area (Å²) < 4.78 is 12.9. The summed E-state index contributed by atoms with van der Waals surface area (Å²) in [6.07, 6.45) is 1.55. The standard InChI is InChI=1S/C14H13FN2O2/c1-9-7-8-16-13(12(9)14(18)19)17(2)11-5-3-10(15)4-6-11/h3-8H,1-2H3,(H,18,19). The predicted molar refractivity (Wildman–Crippen MR) is 70.4 cm³/mol. The molecule has 98 valence electrons. The van der Waals surface area contributed by atoms with Crippen LogP contribution in [0.4, 0.5) is 15.9 Å². The Morgan fingerprint density at radius 2 is 1.89 bits per heavy atom. The average Bonchev–Trinajstić information content (AvgIpc) is 2.38. The van der Waals surface area contributed by atoms with Gasteiger partial charge in [0.25, 0.3) is 0 Å². The second kappa shape index (κ2) is 5.06. The zero-order valence-electron chi connectivity index (χ0n) is 10.6. The van der Waals surface area contributed by atoms with Gasteiger partial charge in [0.1, 0.15) is 17.2 Å². The highest BCUT2D eigenvalue weighted by atomic mass is 19.1. The first kappa shape index (κ1) is 13.0. The third kappa shape index (κ3) is 2.54. The van der Waals surface area contributed by atoms with Crippen LogP contribution >= 0.6 is 0 Å². The number of anilines is 2. The largest absolute Gasteiger partial charge is 0.478 e. The van der Waals surface area contributed by atoms with E-state index in [1.54, 1.807) is 43.3 Å². The second-order valence-corrected chi connectivity index (χ2v) is 4.17. The summed E-state index contributed by atoms with van der Waals surface area (Å²) in [4.78, 5) is 17.0. The molecule has 1 heterocycles. The topological polar surface area (TPSA) is 53.4 Å². The van der Waals surface area contributed by atoms with Gasteiger partial charge in [0.2, 0.25) is 0 Å². The highest BCUT2D eigenvalue weighted by Crippen LogP contribution is 2.26. The highest BCUT2D eigenvalue weighted by Gasteiger charge is 2.18. The van der Waals surface area contributed by atoms with Gasteiger partial charge in [-0.2, -0.15) is 0 Å². The minimum Gasteiger partial charge on any atom is -0.478 e. The molecule has 0 radical (unpaired) electrons. The summed E-state index contributed by atoms with van der Waals surface area (Å²) in [5, 5.41) is 9.26. The first-order chi connectivity index (χ1) is 9.00. The van der Waals surface area contributed by atoms with Gasteiger partial charge in [0.05, 0.1) is 0 Å². The maximum Gasteiger partial charge on any atom is 0.339 e. The molecule has 0 amide bonds. The van der Waals surface area contributed by atoms with Crippen LogP contribution in [0.2, 0.25) is 0 Å². The molecule has 0 aliphatic rings. The van der Waals surface area contributed by atoms with E-state index in [9.17, 15) is 14.3 Å². The zero-order valence-corrected chi connectivity index (χ0v) is 10.6. The van der Waals surface area contributed by atoms with Crippen molar-refractivity contribution in [2.75, 3.05) is 11.9 Å². The molecule has 1 aromatic carbocycles. The smallest absolute Gasteiger partial charge is 0.339 e. The lowest BCUT2D eigenvalue weighted by atomic mass is 10.1. The summed E-state index contributed by atoms with van der Waals surface area (Å²) in [7, 11) is 1.70. The molecule has 1 N–H and O–H groups in total. The molecule has 19 heavy (non-hydrogen) atoms. The van der Waals surface area contributed by atoms with Crippen LogP contribution in [-0.2, 0) is 0 Å². The molecular weight excluding hydrogens is 247 g/mol. The van der Waals surface area contributed by atoms with Crippen LogP contribution in [0, 0.1) is 12.7 Å². The summed E-state index contributed by atoms with van der Waals surface area (Å²) in [6, 6.07) is 7.44. The molecule has 0 bridgehead atoms. The number of hydrogen-bond donors (Lipinski definition) is 1. The number of halogens is 1. The Morgan fingerprint density at radius 3 is 2.47 bits per heavy atom. The molecule has 0 unspecified atom stereocenters. The quantitative estimate of drug-likeness (QED) is 0.921. The van der Waals surface area contributed by atoms with E-state index >= 15 is 0 Å². The molecule has 4 nitrogen and oxygen atoms in total. The van der Waals surface area contributed by atoms with Gasteiger partial charge < -0.3 is 10.0 Å². The Kier molecular flexibility index (Phi) is 3.46. The van der Waals surface area contributed by atoms with Gasteiger partial charge in [-0.05, 0) is 42.8 Å². The maximum atomic E-state index is 12.9. The molecule has 0 fully saturated rings. The number of carbonyl (C=O) groups is 1. The number of carboxylic acids is 1. The molecule has 0 spiro atoms. The average molecular weight is 260 g/mol. The number of carboxylic acid groups (broad SMARTS) is 1. The van der Waals surface area contributed by atoms with Crippen molar-refractivity contribution in [1.82, 2.24) is 4.98 Å². The highest BCUT2D eigenvalue weighted by molar-refractivity contribution is 5.95. The van der Waals surface area contributed by atoms with Crippen molar-refractivity contribution in [3.63, 3.8) is 0 Å². The lowest BCUT2D eigenvalue weighted by Gasteiger charge is -2.20. The predicted octanol–water partition coefficient (Wildman–Crippen LogP) is 3.00. The van der Waals surface area contributed by atoms with E-state index in [0.29, 0.717) is 17.1 Å². The number of pyridine rings is 1. The number of benzene rings is 1. The van der Waals surface area contributed by atoms with Crippen molar-refractivity contribution in [1.29, 1.82) is 0 Å². The third-order valence-electron chi connectivity index (χ3n) is 2.88. The molecule has 0 saturated heterocycles. The normalized spacial score (nSPS) is 10.3. The summed E-state index contributed by atoms with van der Waals surface area (Å²) in [5.41, 5.74) is 1.45. The minimum atomic E-state index is -1.03. The van der Waals surface area contributed by atoms with Crippen LogP contribution in [-0.4, -0.2) is 23.1 Å². The van der Waals surface area contributed by atoms with Crippen LogP contribution in [0.1, 0.15) is 15.9 Å². The molecule has 0 saturated carbocycles. The molecule has 0 atom stereocenters. The molecule has 1 aromatic heterocycles. The maximum absolute atomic E-state index is 12.9.